The smallest absolute Gasteiger partial charge is 0.311 e. The zero-order valence-electron chi connectivity index (χ0n) is 13.1. The maximum Gasteiger partial charge on any atom is 0.311 e. The number of nitro benzene ring substituents is 2. The summed E-state index contributed by atoms with van der Waals surface area (Å²) in [5.74, 6) is -0.602. The highest BCUT2D eigenvalue weighted by molar-refractivity contribution is 6.33. The lowest BCUT2D eigenvalue weighted by Crippen LogP contribution is -2.13. The number of amides is 1. The van der Waals surface area contributed by atoms with E-state index in [0.29, 0.717) is 5.56 Å². The molecule has 0 aromatic heterocycles. The Morgan fingerprint density at radius 3 is 2.32 bits per heavy atom. The monoisotopic (exact) mass is 365 g/mol. The average Bonchev–Trinajstić information content (AvgIpc) is 2.56. The van der Waals surface area contributed by atoms with E-state index in [9.17, 15) is 25.0 Å². The van der Waals surface area contributed by atoms with Crippen molar-refractivity contribution >= 4 is 34.6 Å². The van der Waals surface area contributed by atoms with Crippen molar-refractivity contribution in [1.29, 1.82) is 0 Å². The lowest BCUT2D eigenvalue weighted by atomic mass is 10.1. The third-order valence-electron chi connectivity index (χ3n) is 3.38. The van der Waals surface area contributed by atoms with Gasteiger partial charge in [0.05, 0.1) is 17.0 Å². The van der Waals surface area contributed by atoms with Gasteiger partial charge in [0.2, 0.25) is 0 Å². The SMILES string of the molecule is COc1ccc(C(=O)Nc2cc(Cl)c([N+](=O)[O-])cc2C)cc1[N+](=O)[O-]. The minimum absolute atomic E-state index is 0.0242. The van der Waals surface area contributed by atoms with Gasteiger partial charge >= 0.3 is 5.69 Å². The van der Waals surface area contributed by atoms with E-state index in [2.05, 4.69) is 5.32 Å². The van der Waals surface area contributed by atoms with Gasteiger partial charge in [-0.05, 0) is 30.7 Å². The summed E-state index contributed by atoms with van der Waals surface area (Å²) < 4.78 is 4.88. The third kappa shape index (κ3) is 3.83. The highest BCUT2D eigenvalue weighted by Crippen LogP contribution is 2.31. The number of carbonyl (C=O) groups excluding carboxylic acids is 1. The normalized spacial score (nSPS) is 10.2. The molecule has 0 aliphatic rings. The molecule has 2 aromatic carbocycles. The molecule has 0 heterocycles. The number of rotatable bonds is 5. The van der Waals surface area contributed by atoms with Crippen molar-refractivity contribution in [1.82, 2.24) is 0 Å². The number of carbonyl (C=O) groups is 1. The molecule has 0 aliphatic heterocycles. The fourth-order valence-electron chi connectivity index (χ4n) is 2.11. The van der Waals surface area contributed by atoms with Gasteiger partial charge in [-0.3, -0.25) is 25.0 Å². The molecule has 10 heteroatoms. The molecule has 0 spiro atoms. The molecule has 130 valence electrons. The Morgan fingerprint density at radius 1 is 1.12 bits per heavy atom. The number of ether oxygens (including phenoxy) is 1. The van der Waals surface area contributed by atoms with Crippen LogP contribution in [0.5, 0.6) is 5.75 Å². The Balaban J connectivity index is 2.34. The number of methoxy groups -OCH3 is 1. The summed E-state index contributed by atoms with van der Waals surface area (Å²) in [5.41, 5.74) is 0.0822. The fraction of sp³-hybridized carbons (Fsp3) is 0.133. The molecular formula is C15H12ClN3O6. The van der Waals surface area contributed by atoms with E-state index in [4.69, 9.17) is 16.3 Å². The minimum Gasteiger partial charge on any atom is -0.490 e. The fourth-order valence-corrected chi connectivity index (χ4v) is 2.34. The van der Waals surface area contributed by atoms with Crippen LogP contribution in [0.1, 0.15) is 15.9 Å². The van der Waals surface area contributed by atoms with Gasteiger partial charge in [-0.15, -0.1) is 0 Å². The van der Waals surface area contributed by atoms with Crippen molar-refractivity contribution in [2.45, 2.75) is 6.92 Å². The molecule has 0 radical (unpaired) electrons. The first-order chi connectivity index (χ1) is 11.7. The van der Waals surface area contributed by atoms with Crippen LogP contribution in [0.3, 0.4) is 0 Å². The topological polar surface area (TPSA) is 125 Å². The van der Waals surface area contributed by atoms with Crippen molar-refractivity contribution in [3.63, 3.8) is 0 Å². The number of aryl methyl sites for hydroxylation is 1. The average molecular weight is 366 g/mol. The highest BCUT2D eigenvalue weighted by atomic mass is 35.5. The zero-order chi connectivity index (χ0) is 18.7. The highest BCUT2D eigenvalue weighted by Gasteiger charge is 2.20. The van der Waals surface area contributed by atoms with E-state index in [0.717, 1.165) is 6.07 Å². The Hall–Kier alpha value is -3.20. The van der Waals surface area contributed by atoms with Crippen LogP contribution in [-0.2, 0) is 0 Å². The molecule has 0 aliphatic carbocycles. The number of nitro groups is 2. The molecular weight excluding hydrogens is 354 g/mol. The second-order valence-electron chi connectivity index (χ2n) is 4.97. The molecule has 0 saturated carbocycles. The van der Waals surface area contributed by atoms with Crippen LogP contribution >= 0.6 is 11.6 Å². The molecule has 2 aromatic rings. The number of nitrogens with zero attached hydrogens (tertiary/aromatic N) is 2. The van der Waals surface area contributed by atoms with Gasteiger partial charge < -0.3 is 10.1 Å². The second kappa shape index (κ2) is 7.14. The van der Waals surface area contributed by atoms with Gasteiger partial charge in [0.15, 0.2) is 5.75 Å². The number of anilines is 1. The Kier molecular flexibility index (Phi) is 5.18. The predicted octanol–water partition coefficient (Wildman–Crippen LogP) is 3.73. The van der Waals surface area contributed by atoms with Crippen molar-refractivity contribution in [3.8, 4) is 5.75 Å². The van der Waals surface area contributed by atoms with E-state index in [1.54, 1.807) is 6.92 Å². The molecule has 9 nitrogen and oxygen atoms in total. The molecule has 0 fully saturated rings. The summed E-state index contributed by atoms with van der Waals surface area (Å²) in [7, 11) is 1.28. The van der Waals surface area contributed by atoms with Gasteiger partial charge in [-0.2, -0.15) is 0 Å². The quantitative estimate of drug-likeness (QED) is 0.635. The van der Waals surface area contributed by atoms with Crippen molar-refractivity contribution in [2.75, 3.05) is 12.4 Å². The molecule has 1 N–H and O–H groups in total. The Labute approximate surface area is 146 Å². The summed E-state index contributed by atoms with van der Waals surface area (Å²) >= 11 is 5.83. The van der Waals surface area contributed by atoms with Crippen molar-refractivity contribution in [2.24, 2.45) is 0 Å². The van der Waals surface area contributed by atoms with Gasteiger partial charge in [0.1, 0.15) is 5.02 Å². The van der Waals surface area contributed by atoms with E-state index >= 15 is 0 Å². The van der Waals surface area contributed by atoms with E-state index in [-0.39, 0.29) is 33.4 Å². The maximum atomic E-state index is 12.3. The number of halogens is 1. The van der Waals surface area contributed by atoms with Crippen LogP contribution < -0.4 is 10.1 Å². The van der Waals surface area contributed by atoms with Crippen LogP contribution in [0, 0.1) is 27.2 Å². The van der Waals surface area contributed by atoms with Gasteiger partial charge in [-0.25, -0.2) is 0 Å². The minimum atomic E-state index is -0.663. The van der Waals surface area contributed by atoms with Crippen LogP contribution in [0.4, 0.5) is 17.1 Å². The Morgan fingerprint density at radius 2 is 1.76 bits per heavy atom. The zero-order valence-corrected chi connectivity index (χ0v) is 13.9. The van der Waals surface area contributed by atoms with Crippen LogP contribution in [0.2, 0.25) is 5.02 Å². The lowest BCUT2D eigenvalue weighted by molar-refractivity contribution is -0.385. The number of hydrogen-bond acceptors (Lipinski definition) is 6. The van der Waals surface area contributed by atoms with Crippen molar-refractivity contribution in [3.05, 3.63) is 66.7 Å². The van der Waals surface area contributed by atoms with Crippen molar-refractivity contribution < 1.29 is 19.4 Å². The van der Waals surface area contributed by atoms with Crippen LogP contribution in [0.25, 0.3) is 0 Å². The maximum absolute atomic E-state index is 12.3. The Bertz CT molecular complexity index is 884. The van der Waals surface area contributed by atoms with E-state index < -0.39 is 15.8 Å². The number of benzene rings is 2. The number of nitrogens with one attached hydrogen (secondary N) is 1. The summed E-state index contributed by atoms with van der Waals surface area (Å²) in [6.07, 6.45) is 0. The van der Waals surface area contributed by atoms with E-state index in [1.807, 2.05) is 0 Å². The number of hydrogen-bond donors (Lipinski definition) is 1. The molecule has 0 atom stereocenters. The van der Waals surface area contributed by atoms with Gasteiger partial charge in [0, 0.05) is 23.4 Å². The van der Waals surface area contributed by atoms with Gasteiger partial charge in [0.25, 0.3) is 11.6 Å². The summed E-state index contributed by atoms with van der Waals surface area (Å²) in [6.45, 7) is 1.56. The standard InChI is InChI=1S/C15H12ClN3O6/c1-8-5-12(18(21)22)10(16)7-11(8)17-15(20)9-3-4-14(25-2)13(6-9)19(23)24/h3-7H,1-2H3,(H,17,20). The first-order valence-electron chi connectivity index (χ1n) is 6.83. The lowest BCUT2D eigenvalue weighted by Gasteiger charge is -2.10. The van der Waals surface area contributed by atoms with Crippen LogP contribution in [-0.4, -0.2) is 22.9 Å². The summed E-state index contributed by atoms with van der Waals surface area (Å²) in [5, 5.41) is 24.3. The summed E-state index contributed by atoms with van der Waals surface area (Å²) in [6, 6.07) is 6.24. The predicted molar refractivity (Wildman–Crippen MR) is 90.4 cm³/mol. The van der Waals surface area contributed by atoms with Crippen LogP contribution in [0.15, 0.2) is 30.3 Å². The first kappa shape index (κ1) is 18.1. The molecule has 2 rings (SSSR count). The molecule has 1 amide bonds. The van der Waals surface area contributed by atoms with Gasteiger partial charge in [-0.1, -0.05) is 11.6 Å². The second-order valence-corrected chi connectivity index (χ2v) is 5.38. The summed E-state index contributed by atoms with van der Waals surface area (Å²) in [4.78, 5) is 32.9. The molecule has 25 heavy (non-hydrogen) atoms. The largest absolute Gasteiger partial charge is 0.490 e. The molecule has 0 saturated heterocycles. The first-order valence-corrected chi connectivity index (χ1v) is 7.20. The molecule has 0 unspecified atom stereocenters. The molecule has 0 bridgehead atoms. The van der Waals surface area contributed by atoms with E-state index in [1.165, 1.54) is 31.4 Å². The third-order valence-corrected chi connectivity index (χ3v) is 3.68.